The van der Waals surface area contributed by atoms with Crippen LogP contribution in [0.2, 0.25) is 0 Å². The molecule has 0 aliphatic carbocycles. The molecule has 0 aromatic heterocycles. The fourth-order valence-corrected chi connectivity index (χ4v) is 1.88. The zero-order chi connectivity index (χ0) is 14.4. The van der Waals surface area contributed by atoms with Crippen molar-refractivity contribution < 1.29 is 10.0 Å². The van der Waals surface area contributed by atoms with Gasteiger partial charge in [0.2, 0.25) is 0 Å². The van der Waals surface area contributed by atoms with Crippen molar-refractivity contribution in [1.82, 2.24) is 4.90 Å². The summed E-state index contributed by atoms with van der Waals surface area (Å²) in [6.45, 7) is 4.11. The molecule has 0 saturated carbocycles. The minimum atomic E-state index is -0.0615. The molecule has 104 valence electrons. The van der Waals surface area contributed by atoms with E-state index in [2.05, 4.69) is 12.1 Å². The summed E-state index contributed by atoms with van der Waals surface area (Å²) in [5.74, 6) is -0.0625. The molecular formula is C14H21N3O2. The fraction of sp³-hybridized carbons (Fsp3) is 0.429. The summed E-state index contributed by atoms with van der Waals surface area (Å²) in [6, 6.07) is 6.96. The Bertz CT molecular complexity index is 472. The number of carbonyl (C=O) groups excluding carboxylic acids is 1. The largest absolute Gasteiger partial charge is 0.409 e. The van der Waals surface area contributed by atoms with E-state index >= 15 is 0 Å². The number of nitrogens with two attached hydrogens (primary N) is 1. The minimum absolute atomic E-state index is 0.00101. The first-order valence-electron chi connectivity index (χ1n) is 6.36. The van der Waals surface area contributed by atoms with E-state index < -0.39 is 0 Å². The van der Waals surface area contributed by atoms with Gasteiger partial charge in [-0.3, -0.25) is 4.79 Å². The molecule has 1 rings (SSSR count). The smallest absolute Gasteiger partial charge is 0.253 e. The predicted octanol–water partition coefficient (Wildman–Crippen LogP) is 2.04. The van der Waals surface area contributed by atoms with Crippen LogP contribution in [0.1, 0.15) is 42.6 Å². The van der Waals surface area contributed by atoms with Crippen LogP contribution in [0.15, 0.2) is 29.4 Å². The first-order chi connectivity index (χ1) is 9.01. The monoisotopic (exact) mass is 263 g/mol. The van der Waals surface area contributed by atoms with Crippen LogP contribution in [0.4, 0.5) is 0 Å². The van der Waals surface area contributed by atoms with E-state index in [0.717, 1.165) is 12.8 Å². The molecule has 5 heteroatoms. The van der Waals surface area contributed by atoms with Crippen LogP contribution in [0.3, 0.4) is 0 Å². The normalized spacial score (nSPS) is 13.1. The number of amides is 1. The third kappa shape index (κ3) is 3.71. The fourth-order valence-electron chi connectivity index (χ4n) is 1.88. The minimum Gasteiger partial charge on any atom is -0.409 e. The lowest BCUT2D eigenvalue weighted by Crippen LogP contribution is -2.35. The number of hydrogen-bond acceptors (Lipinski definition) is 3. The Balaban J connectivity index is 2.94. The van der Waals surface area contributed by atoms with Gasteiger partial charge in [-0.15, -0.1) is 0 Å². The highest BCUT2D eigenvalue weighted by atomic mass is 16.4. The van der Waals surface area contributed by atoms with E-state index in [4.69, 9.17) is 10.9 Å². The molecular weight excluding hydrogens is 242 g/mol. The van der Waals surface area contributed by atoms with Gasteiger partial charge in [-0.25, -0.2) is 0 Å². The topological polar surface area (TPSA) is 78.9 Å². The predicted molar refractivity (Wildman–Crippen MR) is 75.4 cm³/mol. The van der Waals surface area contributed by atoms with Gasteiger partial charge in [0, 0.05) is 24.2 Å². The van der Waals surface area contributed by atoms with E-state index in [0.29, 0.717) is 11.1 Å². The summed E-state index contributed by atoms with van der Waals surface area (Å²) >= 11 is 0. The Morgan fingerprint density at radius 1 is 1.47 bits per heavy atom. The molecule has 5 nitrogen and oxygen atoms in total. The van der Waals surface area contributed by atoms with Gasteiger partial charge in [-0.1, -0.05) is 30.6 Å². The number of amidine groups is 1. The maximum absolute atomic E-state index is 12.3. The number of rotatable bonds is 5. The number of hydrogen-bond donors (Lipinski definition) is 2. The molecule has 0 radical (unpaired) electrons. The van der Waals surface area contributed by atoms with Crippen molar-refractivity contribution in [3.8, 4) is 0 Å². The molecule has 0 aliphatic heterocycles. The number of benzene rings is 1. The molecule has 1 atom stereocenters. The quantitative estimate of drug-likeness (QED) is 0.369. The Hall–Kier alpha value is -2.04. The van der Waals surface area contributed by atoms with E-state index in [1.807, 2.05) is 6.92 Å². The zero-order valence-electron chi connectivity index (χ0n) is 11.6. The highest BCUT2D eigenvalue weighted by molar-refractivity contribution is 6.01. The Morgan fingerprint density at radius 2 is 2.11 bits per heavy atom. The summed E-state index contributed by atoms with van der Waals surface area (Å²) in [4.78, 5) is 14.0. The van der Waals surface area contributed by atoms with Gasteiger partial charge in [-0.05, 0) is 25.5 Å². The second-order valence-electron chi connectivity index (χ2n) is 4.62. The van der Waals surface area contributed by atoms with Gasteiger partial charge in [0.15, 0.2) is 5.84 Å². The van der Waals surface area contributed by atoms with Crippen LogP contribution in [-0.2, 0) is 0 Å². The van der Waals surface area contributed by atoms with Crippen molar-refractivity contribution in [2.75, 3.05) is 7.05 Å². The van der Waals surface area contributed by atoms with Gasteiger partial charge >= 0.3 is 0 Å². The van der Waals surface area contributed by atoms with Crippen molar-refractivity contribution in [1.29, 1.82) is 0 Å². The highest BCUT2D eigenvalue weighted by Crippen LogP contribution is 2.12. The molecule has 19 heavy (non-hydrogen) atoms. The molecule has 0 aliphatic rings. The molecule has 0 heterocycles. The second kappa shape index (κ2) is 6.78. The van der Waals surface area contributed by atoms with E-state index in [-0.39, 0.29) is 17.8 Å². The highest BCUT2D eigenvalue weighted by Gasteiger charge is 2.17. The molecule has 0 saturated heterocycles. The summed E-state index contributed by atoms with van der Waals surface area (Å²) in [6.07, 6.45) is 1.99. The molecule has 1 aromatic carbocycles. The average molecular weight is 263 g/mol. The van der Waals surface area contributed by atoms with Crippen molar-refractivity contribution in [2.24, 2.45) is 10.9 Å². The molecule has 1 aromatic rings. The van der Waals surface area contributed by atoms with Crippen LogP contribution in [-0.4, -0.2) is 34.9 Å². The number of carbonyl (C=O) groups is 1. The van der Waals surface area contributed by atoms with Crippen LogP contribution in [0, 0.1) is 0 Å². The lowest BCUT2D eigenvalue weighted by Gasteiger charge is -2.24. The summed E-state index contributed by atoms with van der Waals surface area (Å²) in [5.41, 5.74) is 6.59. The van der Waals surface area contributed by atoms with Gasteiger partial charge < -0.3 is 15.8 Å². The Labute approximate surface area is 113 Å². The van der Waals surface area contributed by atoms with Crippen molar-refractivity contribution >= 4 is 11.7 Å². The Morgan fingerprint density at radius 3 is 2.68 bits per heavy atom. The SMILES string of the molecule is CCCC(C)N(C)C(=O)c1cccc(/C(N)=N/O)c1. The van der Waals surface area contributed by atoms with E-state index in [1.54, 1.807) is 36.2 Å². The van der Waals surface area contributed by atoms with Crippen molar-refractivity contribution in [2.45, 2.75) is 32.7 Å². The molecule has 3 N–H and O–H groups in total. The van der Waals surface area contributed by atoms with E-state index in [1.165, 1.54) is 0 Å². The maximum Gasteiger partial charge on any atom is 0.253 e. The summed E-state index contributed by atoms with van der Waals surface area (Å²) < 4.78 is 0. The number of nitrogens with zero attached hydrogens (tertiary/aromatic N) is 2. The summed E-state index contributed by atoms with van der Waals surface area (Å²) in [5, 5.41) is 11.6. The standard InChI is InChI=1S/C14H21N3O2/c1-4-6-10(2)17(3)14(18)12-8-5-7-11(9-12)13(15)16-19/h5,7-10,19H,4,6H2,1-3H3,(H2,15,16). The average Bonchev–Trinajstić information content (AvgIpc) is 2.45. The van der Waals surface area contributed by atoms with Gasteiger partial charge in [-0.2, -0.15) is 0 Å². The third-order valence-corrected chi connectivity index (χ3v) is 3.20. The third-order valence-electron chi connectivity index (χ3n) is 3.20. The van der Waals surface area contributed by atoms with E-state index in [9.17, 15) is 4.79 Å². The van der Waals surface area contributed by atoms with Gasteiger partial charge in [0.25, 0.3) is 5.91 Å². The van der Waals surface area contributed by atoms with Gasteiger partial charge in [0.1, 0.15) is 0 Å². The molecule has 0 fully saturated rings. The van der Waals surface area contributed by atoms with Gasteiger partial charge in [0.05, 0.1) is 0 Å². The molecule has 0 bridgehead atoms. The molecule has 1 unspecified atom stereocenters. The lowest BCUT2D eigenvalue weighted by molar-refractivity contribution is 0.0736. The Kier molecular flexibility index (Phi) is 5.36. The zero-order valence-corrected chi connectivity index (χ0v) is 11.6. The van der Waals surface area contributed by atoms with Crippen LogP contribution < -0.4 is 5.73 Å². The number of oxime groups is 1. The molecule has 1 amide bonds. The van der Waals surface area contributed by atoms with Crippen LogP contribution in [0.25, 0.3) is 0 Å². The van der Waals surface area contributed by atoms with Crippen molar-refractivity contribution in [3.05, 3.63) is 35.4 Å². The van der Waals surface area contributed by atoms with Crippen LogP contribution >= 0.6 is 0 Å². The second-order valence-corrected chi connectivity index (χ2v) is 4.62. The van der Waals surface area contributed by atoms with Crippen molar-refractivity contribution in [3.63, 3.8) is 0 Å². The maximum atomic E-state index is 12.3. The first-order valence-corrected chi connectivity index (χ1v) is 6.36. The summed E-state index contributed by atoms with van der Waals surface area (Å²) in [7, 11) is 1.79. The van der Waals surface area contributed by atoms with Crippen LogP contribution in [0.5, 0.6) is 0 Å². The first kappa shape index (κ1) is 15.0. The molecule has 0 spiro atoms. The lowest BCUT2D eigenvalue weighted by atomic mass is 10.1.